The summed E-state index contributed by atoms with van der Waals surface area (Å²) in [5.41, 5.74) is 0.617. The highest BCUT2D eigenvalue weighted by molar-refractivity contribution is 9.10. The van der Waals surface area contributed by atoms with E-state index in [2.05, 4.69) is 26.6 Å². The zero-order valence-corrected chi connectivity index (χ0v) is 10.9. The lowest BCUT2D eigenvalue weighted by Crippen LogP contribution is -2.31. The first-order valence-corrected chi connectivity index (χ1v) is 5.65. The molecule has 16 heavy (non-hydrogen) atoms. The first kappa shape index (κ1) is 13.0. The van der Waals surface area contributed by atoms with Crippen molar-refractivity contribution in [1.82, 2.24) is 5.32 Å². The normalized spacial score (nSPS) is 9.69. The van der Waals surface area contributed by atoms with E-state index in [0.717, 1.165) is 0 Å². The molecule has 0 aliphatic rings. The van der Waals surface area contributed by atoms with E-state index in [4.69, 9.17) is 11.6 Å². The molecule has 0 saturated carbocycles. The Kier molecular flexibility index (Phi) is 4.76. The van der Waals surface area contributed by atoms with Crippen LogP contribution in [0.1, 0.15) is 6.92 Å². The van der Waals surface area contributed by atoms with E-state index in [9.17, 15) is 9.59 Å². The van der Waals surface area contributed by atoms with Crippen molar-refractivity contribution in [1.29, 1.82) is 0 Å². The third-order valence-corrected chi connectivity index (χ3v) is 2.92. The van der Waals surface area contributed by atoms with Gasteiger partial charge < -0.3 is 10.6 Å². The average molecular weight is 306 g/mol. The maximum Gasteiger partial charge on any atom is 0.243 e. The molecule has 6 heteroatoms. The molecule has 86 valence electrons. The molecule has 1 rings (SSSR count). The Balaban J connectivity index is 2.56. The molecule has 0 atom stereocenters. The second-order valence-corrected chi connectivity index (χ2v) is 4.35. The number of nitrogens with one attached hydrogen (secondary N) is 2. The second kappa shape index (κ2) is 5.86. The largest absolute Gasteiger partial charge is 0.347 e. The fourth-order valence-electron chi connectivity index (χ4n) is 0.984. The fourth-order valence-corrected chi connectivity index (χ4v) is 1.48. The monoisotopic (exact) mass is 304 g/mol. The lowest BCUT2D eigenvalue weighted by molar-refractivity contribution is -0.122. The fraction of sp³-hybridized carbons (Fsp3) is 0.200. The lowest BCUT2D eigenvalue weighted by atomic mass is 10.3. The Labute approximate surface area is 106 Å². The van der Waals surface area contributed by atoms with Crippen LogP contribution < -0.4 is 10.6 Å². The number of halogens is 2. The molecular formula is C10H10BrClN2O2. The third kappa shape index (κ3) is 4.20. The standard InChI is InChI=1S/C10H10BrClN2O2/c1-6(15)13-5-10(16)14-7-2-3-9(12)8(11)4-7/h2-4H,5H2,1H3,(H,13,15)(H,14,16). The highest BCUT2D eigenvalue weighted by Gasteiger charge is 2.04. The third-order valence-electron chi connectivity index (χ3n) is 1.70. The molecular weight excluding hydrogens is 295 g/mol. The summed E-state index contributed by atoms with van der Waals surface area (Å²) in [5.74, 6) is -0.531. The van der Waals surface area contributed by atoms with Crippen LogP contribution in [0.15, 0.2) is 22.7 Å². The minimum atomic E-state index is -0.288. The van der Waals surface area contributed by atoms with Crippen molar-refractivity contribution in [2.45, 2.75) is 6.92 Å². The molecule has 0 aliphatic carbocycles. The summed E-state index contributed by atoms with van der Waals surface area (Å²) in [7, 11) is 0. The number of hydrogen-bond donors (Lipinski definition) is 2. The van der Waals surface area contributed by atoms with Gasteiger partial charge in [-0.05, 0) is 34.1 Å². The maximum absolute atomic E-state index is 11.3. The van der Waals surface area contributed by atoms with Gasteiger partial charge >= 0.3 is 0 Å². The smallest absolute Gasteiger partial charge is 0.243 e. The topological polar surface area (TPSA) is 58.2 Å². The maximum atomic E-state index is 11.3. The van der Waals surface area contributed by atoms with Crippen molar-refractivity contribution in [3.05, 3.63) is 27.7 Å². The number of amides is 2. The van der Waals surface area contributed by atoms with Crippen LogP contribution in [0.25, 0.3) is 0 Å². The van der Waals surface area contributed by atoms with Gasteiger partial charge in [0.25, 0.3) is 0 Å². The van der Waals surface area contributed by atoms with Crippen molar-refractivity contribution in [3.63, 3.8) is 0 Å². The van der Waals surface area contributed by atoms with Crippen LogP contribution in [-0.2, 0) is 9.59 Å². The van der Waals surface area contributed by atoms with Gasteiger partial charge in [0, 0.05) is 17.1 Å². The van der Waals surface area contributed by atoms with Crippen molar-refractivity contribution in [3.8, 4) is 0 Å². The molecule has 0 aromatic heterocycles. The number of rotatable bonds is 3. The Morgan fingerprint density at radius 3 is 2.69 bits per heavy atom. The average Bonchev–Trinajstić information content (AvgIpc) is 2.21. The number of carbonyl (C=O) groups excluding carboxylic acids is 2. The van der Waals surface area contributed by atoms with Gasteiger partial charge in [-0.25, -0.2) is 0 Å². The summed E-state index contributed by atoms with van der Waals surface area (Å²) in [6.07, 6.45) is 0. The van der Waals surface area contributed by atoms with E-state index in [-0.39, 0.29) is 18.4 Å². The summed E-state index contributed by atoms with van der Waals surface area (Å²) < 4.78 is 0.700. The highest BCUT2D eigenvalue weighted by Crippen LogP contribution is 2.25. The van der Waals surface area contributed by atoms with Gasteiger partial charge in [-0.1, -0.05) is 11.6 Å². The lowest BCUT2D eigenvalue weighted by Gasteiger charge is -2.06. The molecule has 0 bridgehead atoms. The van der Waals surface area contributed by atoms with Crippen LogP contribution in [-0.4, -0.2) is 18.4 Å². The van der Waals surface area contributed by atoms with Crippen LogP contribution in [0.2, 0.25) is 5.02 Å². The molecule has 0 spiro atoms. The molecule has 2 N–H and O–H groups in total. The molecule has 2 amide bonds. The highest BCUT2D eigenvalue weighted by atomic mass is 79.9. The number of carbonyl (C=O) groups is 2. The molecule has 0 heterocycles. The molecule has 1 aromatic rings. The van der Waals surface area contributed by atoms with Gasteiger partial charge in [-0.3, -0.25) is 9.59 Å². The first-order chi connectivity index (χ1) is 7.49. The molecule has 1 aromatic carbocycles. The molecule has 0 aliphatic heterocycles. The van der Waals surface area contributed by atoms with E-state index in [1.807, 2.05) is 0 Å². The number of benzene rings is 1. The zero-order valence-electron chi connectivity index (χ0n) is 8.51. The Morgan fingerprint density at radius 2 is 2.12 bits per heavy atom. The van der Waals surface area contributed by atoms with E-state index < -0.39 is 0 Å². The number of hydrogen-bond acceptors (Lipinski definition) is 2. The summed E-state index contributed by atoms with van der Waals surface area (Å²) in [6.45, 7) is 1.31. The van der Waals surface area contributed by atoms with E-state index in [1.54, 1.807) is 18.2 Å². The van der Waals surface area contributed by atoms with Crippen molar-refractivity contribution >= 4 is 45.0 Å². The van der Waals surface area contributed by atoms with Crippen LogP contribution >= 0.6 is 27.5 Å². The Morgan fingerprint density at radius 1 is 1.44 bits per heavy atom. The molecule has 4 nitrogen and oxygen atoms in total. The molecule has 0 fully saturated rings. The van der Waals surface area contributed by atoms with E-state index >= 15 is 0 Å². The molecule has 0 unspecified atom stereocenters. The van der Waals surface area contributed by atoms with Gasteiger partial charge in [-0.2, -0.15) is 0 Å². The van der Waals surface area contributed by atoms with Gasteiger partial charge in [0.05, 0.1) is 11.6 Å². The van der Waals surface area contributed by atoms with Gasteiger partial charge in [0.15, 0.2) is 0 Å². The summed E-state index contributed by atoms with van der Waals surface area (Å²) in [6, 6.07) is 5.03. The number of anilines is 1. The Hall–Kier alpha value is -1.07. The minimum absolute atomic E-state index is 0.0461. The predicted molar refractivity (Wildman–Crippen MR) is 66.5 cm³/mol. The van der Waals surface area contributed by atoms with Crippen molar-refractivity contribution in [2.24, 2.45) is 0 Å². The van der Waals surface area contributed by atoms with Crippen LogP contribution in [0.5, 0.6) is 0 Å². The zero-order chi connectivity index (χ0) is 12.1. The van der Waals surface area contributed by atoms with E-state index in [0.29, 0.717) is 15.2 Å². The van der Waals surface area contributed by atoms with E-state index in [1.165, 1.54) is 6.92 Å². The van der Waals surface area contributed by atoms with Crippen molar-refractivity contribution < 1.29 is 9.59 Å². The van der Waals surface area contributed by atoms with Gasteiger partial charge in [-0.15, -0.1) is 0 Å². The predicted octanol–water partition coefficient (Wildman–Crippen LogP) is 2.18. The van der Waals surface area contributed by atoms with Crippen LogP contribution in [0.4, 0.5) is 5.69 Å². The van der Waals surface area contributed by atoms with Crippen LogP contribution in [0.3, 0.4) is 0 Å². The SMILES string of the molecule is CC(=O)NCC(=O)Nc1ccc(Cl)c(Br)c1. The first-order valence-electron chi connectivity index (χ1n) is 4.48. The van der Waals surface area contributed by atoms with Crippen LogP contribution in [0, 0.1) is 0 Å². The quantitative estimate of drug-likeness (QED) is 0.899. The summed E-state index contributed by atoms with van der Waals surface area (Å²) >= 11 is 9.05. The van der Waals surface area contributed by atoms with Gasteiger partial charge in [0.2, 0.25) is 11.8 Å². The van der Waals surface area contributed by atoms with Gasteiger partial charge in [0.1, 0.15) is 0 Å². The Bertz CT molecular complexity index is 423. The molecule has 0 saturated heterocycles. The summed E-state index contributed by atoms with van der Waals surface area (Å²) in [4.78, 5) is 21.9. The van der Waals surface area contributed by atoms with Crippen molar-refractivity contribution in [2.75, 3.05) is 11.9 Å². The summed E-state index contributed by atoms with van der Waals surface area (Å²) in [5, 5.41) is 5.60. The molecule has 0 radical (unpaired) electrons. The minimum Gasteiger partial charge on any atom is -0.347 e. The second-order valence-electron chi connectivity index (χ2n) is 3.09.